The molecule has 0 aliphatic carbocycles. The fourth-order valence-electron chi connectivity index (χ4n) is 1.53. The van der Waals surface area contributed by atoms with E-state index >= 15 is 0 Å². The Balaban J connectivity index is 2.91. The van der Waals surface area contributed by atoms with Crippen LogP contribution in [0.4, 0.5) is 0 Å². The Morgan fingerprint density at radius 2 is 2.26 bits per heavy atom. The molecular formula is C13H14BrIN2O2. The molecule has 6 heteroatoms. The third-order valence-electron chi connectivity index (χ3n) is 2.50. The molecule has 1 aromatic rings. The second kappa shape index (κ2) is 8.51. The van der Waals surface area contributed by atoms with Gasteiger partial charge in [0, 0.05) is 28.2 Å². The number of benzene rings is 1. The maximum absolute atomic E-state index is 12.5. The summed E-state index contributed by atoms with van der Waals surface area (Å²) in [5, 5.41) is 8.66. The highest BCUT2D eigenvalue weighted by Crippen LogP contribution is 2.20. The average Bonchev–Trinajstić information content (AvgIpc) is 2.41. The predicted octanol–water partition coefficient (Wildman–Crippen LogP) is 3.06. The van der Waals surface area contributed by atoms with Gasteiger partial charge in [0.25, 0.3) is 5.91 Å². The normalized spacial score (nSPS) is 10.0. The zero-order valence-corrected chi connectivity index (χ0v) is 14.3. The van der Waals surface area contributed by atoms with Gasteiger partial charge in [0.05, 0.1) is 24.7 Å². The van der Waals surface area contributed by atoms with Crippen LogP contribution in [0.3, 0.4) is 0 Å². The molecule has 0 aromatic heterocycles. The Labute approximate surface area is 135 Å². The van der Waals surface area contributed by atoms with Crippen molar-refractivity contribution < 1.29 is 9.53 Å². The number of rotatable bonds is 6. The molecule has 0 heterocycles. The molecule has 0 spiro atoms. The van der Waals surface area contributed by atoms with Crippen molar-refractivity contribution in [3.05, 3.63) is 31.8 Å². The largest absolute Gasteiger partial charge is 0.383 e. The fourth-order valence-corrected chi connectivity index (χ4v) is 2.46. The van der Waals surface area contributed by atoms with Crippen LogP contribution in [-0.2, 0) is 4.74 Å². The number of ether oxygens (including phenoxy) is 1. The van der Waals surface area contributed by atoms with Crippen molar-refractivity contribution in [3.63, 3.8) is 0 Å². The van der Waals surface area contributed by atoms with Gasteiger partial charge < -0.3 is 9.64 Å². The Morgan fingerprint density at radius 3 is 2.89 bits per heavy atom. The van der Waals surface area contributed by atoms with Gasteiger partial charge in [-0.3, -0.25) is 4.79 Å². The number of hydrogen-bond acceptors (Lipinski definition) is 3. The van der Waals surface area contributed by atoms with Crippen molar-refractivity contribution in [2.24, 2.45) is 0 Å². The van der Waals surface area contributed by atoms with E-state index in [1.807, 2.05) is 12.1 Å². The van der Waals surface area contributed by atoms with Crippen LogP contribution in [-0.4, -0.2) is 37.6 Å². The molecule has 0 radical (unpaired) electrons. The molecule has 0 saturated carbocycles. The minimum atomic E-state index is -0.0713. The lowest BCUT2D eigenvalue weighted by Gasteiger charge is -2.22. The zero-order valence-electron chi connectivity index (χ0n) is 10.5. The summed E-state index contributed by atoms with van der Waals surface area (Å²) < 4.78 is 6.76. The highest BCUT2D eigenvalue weighted by atomic mass is 127. The number of amides is 1. The van der Waals surface area contributed by atoms with Crippen LogP contribution in [0.15, 0.2) is 22.7 Å². The number of methoxy groups -OCH3 is 1. The Kier molecular flexibility index (Phi) is 7.34. The summed E-state index contributed by atoms with van der Waals surface area (Å²) in [5.41, 5.74) is 0.643. The summed E-state index contributed by atoms with van der Waals surface area (Å²) in [6.45, 7) is 1.36. The molecule has 102 valence electrons. The lowest BCUT2D eigenvalue weighted by atomic mass is 10.2. The number of halogens is 2. The number of nitriles is 1. The van der Waals surface area contributed by atoms with Gasteiger partial charge in [-0.25, -0.2) is 0 Å². The zero-order chi connectivity index (χ0) is 14.3. The second-order valence-corrected chi connectivity index (χ2v) is 5.90. The summed E-state index contributed by atoms with van der Waals surface area (Å²) in [5.74, 6) is -0.0713. The second-order valence-electron chi connectivity index (χ2n) is 3.82. The van der Waals surface area contributed by atoms with Crippen molar-refractivity contribution in [1.82, 2.24) is 4.90 Å². The highest BCUT2D eigenvalue weighted by Gasteiger charge is 2.18. The van der Waals surface area contributed by atoms with Gasteiger partial charge in [0.2, 0.25) is 0 Å². The fraction of sp³-hybridized carbons (Fsp3) is 0.385. The molecule has 0 atom stereocenters. The van der Waals surface area contributed by atoms with Crippen molar-refractivity contribution in [2.75, 3.05) is 26.8 Å². The van der Waals surface area contributed by atoms with E-state index in [-0.39, 0.29) is 5.91 Å². The standard InChI is InChI=1S/C13H14BrIN2O2/c1-19-8-7-17(6-2-5-16)13(18)11-9-10(14)3-4-12(11)15/h3-4,9H,2,6-8H2,1H3. The Bertz CT molecular complexity index is 488. The summed E-state index contributed by atoms with van der Waals surface area (Å²) in [7, 11) is 1.59. The van der Waals surface area contributed by atoms with E-state index in [1.165, 1.54) is 0 Å². The summed E-state index contributed by atoms with van der Waals surface area (Å²) in [6.07, 6.45) is 0.319. The van der Waals surface area contributed by atoms with Crippen LogP contribution in [0.2, 0.25) is 0 Å². The van der Waals surface area contributed by atoms with Crippen LogP contribution in [0.5, 0.6) is 0 Å². The van der Waals surface area contributed by atoms with Crippen LogP contribution in [0.25, 0.3) is 0 Å². The van der Waals surface area contributed by atoms with E-state index in [1.54, 1.807) is 18.1 Å². The van der Waals surface area contributed by atoms with E-state index in [4.69, 9.17) is 10.00 Å². The van der Waals surface area contributed by atoms with E-state index in [0.717, 1.165) is 8.04 Å². The Morgan fingerprint density at radius 1 is 1.53 bits per heavy atom. The summed E-state index contributed by atoms with van der Waals surface area (Å²) in [6, 6.07) is 7.64. The molecule has 0 unspecified atom stereocenters. The third kappa shape index (κ3) is 5.09. The van der Waals surface area contributed by atoms with Crippen LogP contribution in [0, 0.1) is 14.9 Å². The van der Waals surface area contributed by atoms with Gasteiger partial charge in [-0.2, -0.15) is 5.26 Å². The molecular weight excluding hydrogens is 423 g/mol. The molecule has 0 fully saturated rings. The molecule has 0 N–H and O–H groups in total. The average molecular weight is 437 g/mol. The van der Waals surface area contributed by atoms with Crippen molar-refractivity contribution in [2.45, 2.75) is 6.42 Å². The first-order valence-electron chi connectivity index (χ1n) is 5.70. The predicted molar refractivity (Wildman–Crippen MR) is 84.9 cm³/mol. The van der Waals surface area contributed by atoms with Gasteiger partial charge in [0.1, 0.15) is 0 Å². The van der Waals surface area contributed by atoms with E-state index in [2.05, 4.69) is 44.6 Å². The number of carbonyl (C=O) groups is 1. The van der Waals surface area contributed by atoms with Crippen molar-refractivity contribution >= 4 is 44.4 Å². The van der Waals surface area contributed by atoms with Gasteiger partial charge >= 0.3 is 0 Å². The molecule has 0 aliphatic heterocycles. The highest BCUT2D eigenvalue weighted by molar-refractivity contribution is 14.1. The van der Waals surface area contributed by atoms with Crippen molar-refractivity contribution in [1.29, 1.82) is 5.26 Å². The topological polar surface area (TPSA) is 53.3 Å². The molecule has 0 bridgehead atoms. The molecule has 1 rings (SSSR count). The smallest absolute Gasteiger partial charge is 0.255 e. The first-order chi connectivity index (χ1) is 9.10. The number of hydrogen-bond donors (Lipinski definition) is 0. The quantitative estimate of drug-likeness (QED) is 0.644. The SMILES string of the molecule is COCCN(CCC#N)C(=O)c1cc(Br)ccc1I. The number of nitrogens with zero attached hydrogens (tertiary/aromatic N) is 2. The monoisotopic (exact) mass is 436 g/mol. The molecule has 1 aromatic carbocycles. The molecule has 0 saturated heterocycles. The van der Waals surface area contributed by atoms with Gasteiger partial charge in [-0.1, -0.05) is 15.9 Å². The first kappa shape index (κ1) is 16.4. The van der Waals surface area contributed by atoms with E-state index in [0.29, 0.717) is 31.7 Å². The molecule has 1 amide bonds. The maximum atomic E-state index is 12.5. The van der Waals surface area contributed by atoms with Crippen LogP contribution in [0.1, 0.15) is 16.8 Å². The van der Waals surface area contributed by atoms with E-state index < -0.39 is 0 Å². The Hall–Kier alpha value is -0.650. The maximum Gasteiger partial charge on any atom is 0.255 e. The van der Waals surface area contributed by atoms with Crippen LogP contribution >= 0.6 is 38.5 Å². The number of carbonyl (C=O) groups excluding carboxylic acids is 1. The minimum absolute atomic E-state index is 0.0713. The molecule has 0 aliphatic rings. The summed E-state index contributed by atoms with van der Waals surface area (Å²) in [4.78, 5) is 14.1. The molecule has 4 nitrogen and oxygen atoms in total. The third-order valence-corrected chi connectivity index (χ3v) is 3.94. The van der Waals surface area contributed by atoms with Gasteiger partial charge in [-0.15, -0.1) is 0 Å². The summed E-state index contributed by atoms with van der Waals surface area (Å²) >= 11 is 5.50. The molecule has 19 heavy (non-hydrogen) atoms. The lowest BCUT2D eigenvalue weighted by molar-refractivity contribution is 0.0699. The first-order valence-corrected chi connectivity index (χ1v) is 7.57. The van der Waals surface area contributed by atoms with Crippen molar-refractivity contribution in [3.8, 4) is 6.07 Å². The van der Waals surface area contributed by atoms with E-state index in [9.17, 15) is 4.79 Å². The van der Waals surface area contributed by atoms with Crippen LogP contribution < -0.4 is 0 Å². The minimum Gasteiger partial charge on any atom is -0.383 e. The van der Waals surface area contributed by atoms with Gasteiger partial charge in [0.15, 0.2) is 0 Å². The van der Waals surface area contributed by atoms with Gasteiger partial charge in [-0.05, 0) is 40.8 Å². The lowest BCUT2D eigenvalue weighted by Crippen LogP contribution is -2.35.